The fraction of sp³-hybridized carbons (Fsp3) is 0.100. The number of aromatic amines is 1. The second-order valence-electron chi connectivity index (χ2n) is 3.17. The standard InChI is InChI=1S/C10H9N3O2/c1-7-5-9(12-11-7)13-4-2-3-8(6-14)10(13)15/h2-6H,1H3,(H,11,12). The van der Waals surface area contributed by atoms with Crippen molar-refractivity contribution in [2.24, 2.45) is 0 Å². The third kappa shape index (κ3) is 1.59. The Morgan fingerprint density at radius 3 is 2.93 bits per heavy atom. The van der Waals surface area contributed by atoms with Crippen molar-refractivity contribution in [3.8, 4) is 5.82 Å². The lowest BCUT2D eigenvalue weighted by atomic mass is 10.3. The molecule has 76 valence electrons. The van der Waals surface area contributed by atoms with E-state index in [1.54, 1.807) is 18.3 Å². The molecule has 15 heavy (non-hydrogen) atoms. The molecule has 0 bridgehead atoms. The van der Waals surface area contributed by atoms with Crippen LogP contribution in [0.4, 0.5) is 0 Å². The molecule has 2 rings (SSSR count). The Morgan fingerprint density at radius 2 is 2.33 bits per heavy atom. The van der Waals surface area contributed by atoms with Crippen molar-refractivity contribution >= 4 is 6.29 Å². The highest BCUT2D eigenvalue weighted by atomic mass is 16.1. The van der Waals surface area contributed by atoms with Crippen molar-refractivity contribution < 1.29 is 4.79 Å². The topological polar surface area (TPSA) is 67.8 Å². The monoisotopic (exact) mass is 203 g/mol. The summed E-state index contributed by atoms with van der Waals surface area (Å²) in [5.41, 5.74) is 0.616. The van der Waals surface area contributed by atoms with E-state index in [9.17, 15) is 9.59 Å². The summed E-state index contributed by atoms with van der Waals surface area (Å²) in [4.78, 5) is 22.3. The number of nitrogens with one attached hydrogen (secondary N) is 1. The highest BCUT2D eigenvalue weighted by molar-refractivity contribution is 5.73. The Bertz CT molecular complexity index is 554. The first kappa shape index (κ1) is 9.39. The molecule has 0 amide bonds. The van der Waals surface area contributed by atoms with E-state index in [1.807, 2.05) is 6.92 Å². The average Bonchev–Trinajstić information content (AvgIpc) is 2.65. The predicted molar refractivity (Wildman–Crippen MR) is 54.3 cm³/mol. The largest absolute Gasteiger partial charge is 0.298 e. The van der Waals surface area contributed by atoms with Crippen LogP contribution in [0.5, 0.6) is 0 Å². The molecular formula is C10H9N3O2. The van der Waals surface area contributed by atoms with Gasteiger partial charge in [0.25, 0.3) is 5.56 Å². The number of aldehydes is 1. The Labute approximate surface area is 85.4 Å². The van der Waals surface area contributed by atoms with E-state index in [0.717, 1.165) is 5.69 Å². The van der Waals surface area contributed by atoms with Crippen LogP contribution in [-0.4, -0.2) is 21.1 Å². The van der Waals surface area contributed by atoms with Gasteiger partial charge in [-0.25, -0.2) is 0 Å². The van der Waals surface area contributed by atoms with Gasteiger partial charge in [0.2, 0.25) is 0 Å². The third-order valence-corrected chi connectivity index (χ3v) is 2.04. The van der Waals surface area contributed by atoms with Crippen molar-refractivity contribution in [2.75, 3.05) is 0 Å². The van der Waals surface area contributed by atoms with Gasteiger partial charge in [-0.3, -0.25) is 19.3 Å². The van der Waals surface area contributed by atoms with Gasteiger partial charge in [0.05, 0.1) is 5.56 Å². The molecule has 0 spiro atoms. The molecule has 0 aliphatic carbocycles. The molecule has 0 saturated carbocycles. The zero-order chi connectivity index (χ0) is 10.8. The summed E-state index contributed by atoms with van der Waals surface area (Å²) in [7, 11) is 0. The van der Waals surface area contributed by atoms with Crippen LogP contribution in [0.3, 0.4) is 0 Å². The van der Waals surface area contributed by atoms with Crippen LogP contribution >= 0.6 is 0 Å². The molecule has 0 aliphatic heterocycles. The Hall–Kier alpha value is -2.17. The van der Waals surface area contributed by atoms with Gasteiger partial charge >= 0.3 is 0 Å². The Kier molecular flexibility index (Phi) is 2.21. The van der Waals surface area contributed by atoms with Gasteiger partial charge in [-0.15, -0.1) is 0 Å². The first-order valence-corrected chi connectivity index (χ1v) is 4.41. The van der Waals surface area contributed by atoms with E-state index >= 15 is 0 Å². The van der Waals surface area contributed by atoms with Gasteiger partial charge < -0.3 is 0 Å². The molecule has 2 aromatic heterocycles. The maximum absolute atomic E-state index is 11.7. The summed E-state index contributed by atoms with van der Waals surface area (Å²) in [6.45, 7) is 1.84. The number of carbonyl (C=O) groups is 1. The highest BCUT2D eigenvalue weighted by Gasteiger charge is 2.05. The lowest BCUT2D eigenvalue weighted by molar-refractivity contribution is 0.112. The molecule has 0 fully saturated rings. The molecule has 2 aromatic rings. The lowest BCUT2D eigenvalue weighted by Gasteiger charge is -2.00. The molecule has 0 aromatic carbocycles. The summed E-state index contributed by atoms with van der Waals surface area (Å²) >= 11 is 0. The highest BCUT2D eigenvalue weighted by Crippen LogP contribution is 2.02. The number of hydrogen-bond donors (Lipinski definition) is 1. The fourth-order valence-corrected chi connectivity index (χ4v) is 1.31. The molecule has 0 saturated heterocycles. The number of aromatic nitrogens is 3. The molecule has 1 N–H and O–H groups in total. The van der Waals surface area contributed by atoms with Crippen molar-refractivity contribution in [3.05, 3.63) is 46.0 Å². The van der Waals surface area contributed by atoms with Gasteiger partial charge in [-0.05, 0) is 19.1 Å². The zero-order valence-electron chi connectivity index (χ0n) is 8.10. The molecule has 0 unspecified atom stereocenters. The molecule has 2 heterocycles. The molecule has 0 aliphatic rings. The Balaban J connectivity index is 2.63. The second kappa shape index (κ2) is 3.53. The van der Waals surface area contributed by atoms with Crippen molar-refractivity contribution in [2.45, 2.75) is 6.92 Å². The summed E-state index contributed by atoms with van der Waals surface area (Å²) in [5, 5.41) is 6.68. The SMILES string of the molecule is Cc1cc(-n2cccc(C=O)c2=O)n[nH]1. The van der Waals surface area contributed by atoms with Crippen molar-refractivity contribution in [1.29, 1.82) is 0 Å². The molecule has 5 nitrogen and oxygen atoms in total. The van der Waals surface area contributed by atoms with E-state index in [1.165, 1.54) is 10.6 Å². The quantitative estimate of drug-likeness (QED) is 0.730. The van der Waals surface area contributed by atoms with Gasteiger partial charge in [-0.1, -0.05) is 0 Å². The van der Waals surface area contributed by atoms with Gasteiger partial charge in [-0.2, -0.15) is 5.10 Å². The number of aryl methyl sites for hydroxylation is 1. The number of hydrogen-bond acceptors (Lipinski definition) is 3. The van der Waals surface area contributed by atoms with Crippen LogP contribution < -0.4 is 5.56 Å². The van der Waals surface area contributed by atoms with E-state index in [4.69, 9.17) is 0 Å². The third-order valence-electron chi connectivity index (χ3n) is 2.04. The van der Waals surface area contributed by atoms with E-state index < -0.39 is 0 Å². The number of rotatable bonds is 2. The number of carbonyl (C=O) groups excluding carboxylic acids is 1. The Morgan fingerprint density at radius 1 is 1.53 bits per heavy atom. The summed E-state index contributed by atoms with van der Waals surface area (Å²) in [6.07, 6.45) is 2.11. The average molecular weight is 203 g/mol. The van der Waals surface area contributed by atoms with Crippen LogP contribution in [0, 0.1) is 6.92 Å². The first-order valence-electron chi connectivity index (χ1n) is 4.41. The van der Waals surface area contributed by atoms with Crippen LogP contribution in [0.2, 0.25) is 0 Å². The first-order chi connectivity index (χ1) is 7.22. The summed E-state index contributed by atoms with van der Waals surface area (Å²) < 4.78 is 1.33. The molecule has 0 atom stereocenters. The maximum Gasteiger partial charge on any atom is 0.266 e. The summed E-state index contributed by atoms with van der Waals surface area (Å²) in [6, 6.07) is 4.84. The van der Waals surface area contributed by atoms with Crippen LogP contribution in [0.15, 0.2) is 29.2 Å². The maximum atomic E-state index is 11.7. The lowest BCUT2D eigenvalue weighted by Crippen LogP contribution is -2.21. The van der Waals surface area contributed by atoms with Gasteiger partial charge in [0.15, 0.2) is 12.1 Å². The minimum Gasteiger partial charge on any atom is -0.298 e. The minimum atomic E-state index is -0.362. The number of H-pyrrole nitrogens is 1. The molecule has 0 radical (unpaired) electrons. The van der Waals surface area contributed by atoms with Gasteiger partial charge in [0, 0.05) is 18.0 Å². The normalized spacial score (nSPS) is 10.2. The van der Waals surface area contributed by atoms with E-state index in [2.05, 4.69) is 10.2 Å². The smallest absolute Gasteiger partial charge is 0.266 e. The summed E-state index contributed by atoms with van der Waals surface area (Å²) in [5.74, 6) is 0.487. The molecule has 5 heteroatoms. The predicted octanol–water partition coefficient (Wildman–Crippen LogP) is 0.682. The van der Waals surface area contributed by atoms with E-state index in [0.29, 0.717) is 12.1 Å². The van der Waals surface area contributed by atoms with E-state index in [-0.39, 0.29) is 11.1 Å². The number of nitrogens with zero attached hydrogens (tertiary/aromatic N) is 2. The zero-order valence-corrected chi connectivity index (χ0v) is 8.10. The van der Waals surface area contributed by atoms with Crippen molar-refractivity contribution in [1.82, 2.24) is 14.8 Å². The van der Waals surface area contributed by atoms with Crippen molar-refractivity contribution in [3.63, 3.8) is 0 Å². The number of pyridine rings is 1. The van der Waals surface area contributed by atoms with Gasteiger partial charge in [0.1, 0.15) is 0 Å². The molecular weight excluding hydrogens is 194 g/mol. The van der Waals surface area contributed by atoms with Crippen LogP contribution in [-0.2, 0) is 0 Å². The van der Waals surface area contributed by atoms with Crippen LogP contribution in [0.25, 0.3) is 5.82 Å². The second-order valence-corrected chi connectivity index (χ2v) is 3.17. The minimum absolute atomic E-state index is 0.123. The fourth-order valence-electron chi connectivity index (χ4n) is 1.31. The van der Waals surface area contributed by atoms with Crippen LogP contribution in [0.1, 0.15) is 16.1 Å².